The standard InChI is InChI=1S/C82H141NO13/c1-3-5-7-9-11-13-15-17-19-21-23-25-27-29-31-32-33-34-35-36-37-38-40-42-44-46-48-50-52-54-56-58-60-62-64-66-74(87)83-70(69-93-81-79(92)77(90)80(73(68-85)95-81)96-82-78(91)76(89)75(88)72(67-84)94-82)71(86)65-63-61-59-57-55-53-51-49-47-45-43-41-39-30-28-26-24-22-20-18-16-14-12-10-8-6-4-2/h5,7,11,13,17,19,23,25,29,31,33-34,36-37,40,42,46,48,52,54,70-73,75-82,84-86,88-92H,3-4,6,8-10,12,14-16,18,20-22,24,26-28,30,32,35,38-39,41,43-45,47,49-51,53,55-69H2,1-2H3,(H,83,87)/b7-5-,13-11-,19-17-,25-23-,31-29-,34-33-,37-36-,42-40-,48-46-,54-52-. The molecule has 2 aliphatic rings. The maximum atomic E-state index is 13.4. The third-order valence-electron chi connectivity index (χ3n) is 18.2. The van der Waals surface area contributed by atoms with E-state index in [1.165, 1.54) is 148 Å². The van der Waals surface area contributed by atoms with E-state index in [0.717, 1.165) is 116 Å². The van der Waals surface area contributed by atoms with Crippen LogP contribution in [-0.4, -0.2) is 140 Å². The number of rotatable bonds is 63. The molecule has 0 spiro atoms. The summed E-state index contributed by atoms with van der Waals surface area (Å²) in [5.74, 6) is -0.232. The van der Waals surface area contributed by atoms with Gasteiger partial charge < -0.3 is 65.1 Å². The first-order chi connectivity index (χ1) is 47.1. The summed E-state index contributed by atoms with van der Waals surface area (Å²) in [5.41, 5.74) is 0. The molecule has 2 aliphatic heterocycles. The molecule has 0 aromatic carbocycles. The van der Waals surface area contributed by atoms with E-state index in [9.17, 15) is 45.6 Å². The highest BCUT2D eigenvalue weighted by atomic mass is 16.7. The molecule has 14 heteroatoms. The Bertz CT molecular complexity index is 2080. The summed E-state index contributed by atoms with van der Waals surface area (Å²) in [6, 6.07) is -0.854. The molecule has 0 aliphatic carbocycles. The van der Waals surface area contributed by atoms with Crippen molar-refractivity contribution in [2.75, 3.05) is 19.8 Å². The smallest absolute Gasteiger partial charge is 0.220 e. The monoisotopic (exact) mass is 1350 g/mol. The molecule has 1 amide bonds. The van der Waals surface area contributed by atoms with Crippen LogP contribution in [0.5, 0.6) is 0 Å². The number of ether oxygens (including phenoxy) is 4. The highest BCUT2D eigenvalue weighted by Gasteiger charge is 2.51. The number of carbonyl (C=O) groups is 1. The number of aliphatic hydroxyl groups excluding tert-OH is 8. The van der Waals surface area contributed by atoms with Crippen molar-refractivity contribution in [2.24, 2.45) is 0 Å². The maximum absolute atomic E-state index is 13.4. The molecule has 0 aromatic rings. The summed E-state index contributed by atoms with van der Waals surface area (Å²) in [6.07, 6.45) is 77.9. The summed E-state index contributed by atoms with van der Waals surface area (Å²) in [5, 5.41) is 87.8. The topological polar surface area (TPSA) is 228 Å². The van der Waals surface area contributed by atoms with Crippen molar-refractivity contribution in [3.8, 4) is 0 Å². The molecular formula is C82H141NO13. The van der Waals surface area contributed by atoms with Gasteiger partial charge in [-0.05, 0) is 89.9 Å². The molecule has 0 saturated carbocycles. The third kappa shape index (κ3) is 47.4. The van der Waals surface area contributed by atoms with Crippen LogP contribution in [-0.2, 0) is 23.7 Å². The largest absolute Gasteiger partial charge is 0.394 e. The summed E-state index contributed by atoms with van der Waals surface area (Å²) < 4.78 is 22.9. The molecule has 9 N–H and O–H groups in total. The zero-order valence-corrected chi connectivity index (χ0v) is 60.3. The second kappa shape index (κ2) is 64.7. The van der Waals surface area contributed by atoms with Crippen molar-refractivity contribution in [1.82, 2.24) is 5.32 Å². The van der Waals surface area contributed by atoms with Gasteiger partial charge in [-0.1, -0.05) is 322 Å². The molecule has 12 atom stereocenters. The van der Waals surface area contributed by atoms with Crippen LogP contribution in [0.25, 0.3) is 0 Å². The Morgan fingerprint density at radius 3 is 1.10 bits per heavy atom. The van der Waals surface area contributed by atoms with Crippen molar-refractivity contribution >= 4 is 5.91 Å². The van der Waals surface area contributed by atoms with Gasteiger partial charge >= 0.3 is 0 Å². The number of hydrogen-bond donors (Lipinski definition) is 9. The van der Waals surface area contributed by atoms with Crippen LogP contribution in [0.4, 0.5) is 0 Å². The Balaban J connectivity index is 1.66. The van der Waals surface area contributed by atoms with Crippen LogP contribution >= 0.6 is 0 Å². The van der Waals surface area contributed by atoms with Gasteiger partial charge in [0.1, 0.15) is 48.8 Å². The lowest BCUT2D eigenvalue weighted by Gasteiger charge is -2.46. The van der Waals surface area contributed by atoms with Gasteiger partial charge in [0.15, 0.2) is 12.6 Å². The quantitative estimate of drug-likeness (QED) is 0.0204. The maximum Gasteiger partial charge on any atom is 0.220 e. The normalized spacial score (nSPS) is 22.9. The Labute approximate surface area is 584 Å². The molecule has 2 heterocycles. The van der Waals surface area contributed by atoms with Crippen molar-refractivity contribution in [3.05, 3.63) is 122 Å². The first kappa shape index (κ1) is 88.5. The van der Waals surface area contributed by atoms with Crippen molar-refractivity contribution in [2.45, 2.75) is 370 Å². The number of allylic oxidation sites excluding steroid dienone is 20. The molecule has 2 fully saturated rings. The first-order valence-electron chi connectivity index (χ1n) is 38.8. The molecule has 0 bridgehead atoms. The van der Waals surface area contributed by atoms with Crippen molar-refractivity contribution in [1.29, 1.82) is 0 Å². The van der Waals surface area contributed by atoms with Gasteiger partial charge in [0.25, 0.3) is 0 Å². The minimum atomic E-state index is -1.79. The zero-order valence-electron chi connectivity index (χ0n) is 60.3. The van der Waals surface area contributed by atoms with E-state index in [1.807, 2.05) is 0 Å². The highest BCUT2D eigenvalue weighted by Crippen LogP contribution is 2.30. The van der Waals surface area contributed by atoms with E-state index in [2.05, 4.69) is 141 Å². The van der Waals surface area contributed by atoms with E-state index in [-0.39, 0.29) is 18.9 Å². The minimum Gasteiger partial charge on any atom is -0.394 e. The number of carbonyl (C=O) groups excluding carboxylic acids is 1. The zero-order chi connectivity index (χ0) is 69.4. The van der Waals surface area contributed by atoms with Gasteiger partial charge in [-0.25, -0.2) is 0 Å². The lowest BCUT2D eigenvalue weighted by atomic mass is 9.97. The Hall–Kier alpha value is -3.61. The number of amides is 1. The van der Waals surface area contributed by atoms with Gasteiger partial charge in [0.05, 0.1) is 32.0 Å². The second-order valence-electron chi connectivity index (χ2n) is 26.8. The molecule has 96 heavy (non-hydrogen) atoms. The van der Waals surface area contributed by atoms with Gasteiger partial charge in [-0.15, -0.1) is 0 Å². The molecule has 2 saturated heterocycles. The summed E-state index contributed by atoms with van der Waals surface area (Å²) in [4.78, 5) is 13.4. The van der Waals surface area contributed by atoms with Crippen LogP contribution < -0.4 is 5.32 Å². The van der Waals surface area contributed by atoms with E-state index in [4.69, 9.17) is 18.9 Å². The van der Waals surface area contributed by atoms with Crippen LogP contribution in [0, 0.1) is 0 Å². The Kier molecular flexibility index (Phi) is 59.7. The Morgan fingerprint density at radius 2 is 0.719 bits per heavy atom. The number of unbranched alkanes of at least 4 members (excludes halogenated alkanes) is 30. The van der Waals surface area contributed by atoms with Crippen LogP contribution in [0.2, 0.25) is 0 Å². The third-order valence-corrected chi connectivity index (χ3v) is 18.2. The molecule has 2 rings (SSSR count). The predicted octanol–water partition coefficient (Wildman–Crippen LogP) is 17.2. The Morgan fingerprint density at radius 1 is 0.385 bits per heavy atom. The lowest BCUT2D eigenvalue weighted by molar-refractivity contribution is -0.359. The highest BCUT2D eigenvalue weighted by molar-refractivity contribution is 5.76. The summed E-state index contributed by atoms with van der Waals surface area (Å²) in [6.45, 7) is 2.76. The van der Waals surface area contributed by atoms with Crippen molar-refractivity contribution in [3.63, 3.8) is 0 Å². The van der Waals surface area contributed by atoms with E-state index in [1.54, 1.807) is 0 Å². The number of nitrogens with one attached hydrogen (secondary N) is 1. The fraction of sp³-hybridized carbons (Fsp3) is 0.744. The fourth-order valence-electron chi connectivity index (χ4n) is 12.1. The van der Waals surface area contributed by atoms with Gasteiger partial charge in [0.2, 0.25) is 5.91 Å². The molecule has 0 radical (unpaired) electrons. The second-order valence-corrected chi connectivity index (χ2v) is 26.8. The lowest BCUT2D eigenvalue weighted by Crippen LogP contribution is -2.65. The molecule has 14 nitrogen and oxygen atoms in total. The summed E-state index contributed by atoms with van der Waals surface area (Å²) in [7, 11) is 0. The van der Waals surface area contributed by atoms with Gasteiger partial charge in [-0.3, -0.25) is 4.79 Å². The minimum absolute atomic E-state index is 0.232. The molecule has 0 aromatic heterocycles. The van der Waals surface area contributed by atoms with Crippen LogP contribution in [0.3, 0.4) is 0 Å². The predicted molar refractivity (Wildman–Crippen MR) is 396 cm³/mol. The number of aliphatic hydroxyl groups is 8. The molecule has 12 unspecified atom stereocenters. The fourth-order valence-corrected chi connectivity index (χ4v) is 12.1. The number of hydrogen-bond acceptors (Lipinski definition) is 13. The van der Waals surface area contributed by atoms with E-state index < -0.39 is 86.8 Å². The van der Waals surface area contributed by atoms with E-state index >= 15 is 0 Å². The van der Waals surface area contributed by atoms with Gasteiger partial charge in [-0.2, -0.15) is 0 Å². The molecular weight excluding hydrogens is 1210 g/mol. The average Bonchev–Trinajstić information content (AvgIpc) is 0.797. The van der Waals surface area contributed by atoms with Gasteiger partial charge in [0, 0.05) is 6.42 Å². The van der Waals surface area contributed by atoms with Crippen LogP contribution in [0.15, 0.2) is 122 Å². The van der Waals surface area contributed by atoms with Crippen LogP contribution in [0.1, 0.15) is 296 Å². The summed E-state index contributed by atoms with van der Waals surface area (Å²) >= 11 is 0. The molecule has 552 valence electrons. The first-order valence-corrected chi connectivity index (χ1v) is 38.8. The van der Waals surface area contributed by atoms with Crippen molar-refractivity contribution < 1.29 is 64.6 Å². The van der Waals surface area contributed by atoms with E-state index in [0.29, 0.717) is 12.8 Å². The SMILES string of the molecule is CC/C=C\C/C=C\C/C=C\C/C=C\C/C=C\C/C=C\C/C=C\C/C=C\C/C=C\C/C=C\CCCCCCC(=O)NC(COC1OC(CO)C(OC2OC(CO)C(O)C(O)C2O)C(O)C1O)C(O)CCCCCCCCCCCCCCCCCCCCCCCCCCCCC. The average molecular weight is 1350 g/mol.